The predicted octanol–water partition coefficient (Wildman–Crippen LogP) is 7.39. The average Bonchev–Trinajstić information content (AvgIpc) is 3.68. The molecule has 3 heterocycles. The molecule has 0 radical (unpaired) electrons. The number of hydrogen-bond acceptors (Lipinski definition) is 4. The molecule has 198 valence electrons. The highest BCUT2D eigenvalue weighted by Gasteiger charge is 2.42. The Morgan fingerprint density at radius 1 is 0.634 bits per heavy atom. The van der Waals surface area contributed by atoms with E-state index in [1.807, 2.05) is 47.3 Å². The van der Waals surface area contributed by atoms with Crippen molar-refractivity contribution < 1.29 is 0 Å². The van der Waals surface area contributed by atoms with Crippen LogP contribution in [0.1, 0.15) is 22.3 Å². The number of alkyl halides is 1. The first-order valence-corrected chi connectivity index (χ1v) is 14.5. The summed E-state index contributed by atoms with van der Waals surface area (Å²) in [6.45, 7) is 0. The molecule has 0 aliphatic carbocycles. The van der Waals surface area contributed by atoms with Crippen LogP contribution in [0.3, 0.4) is 0 Å². The number of rotatable bonds is 7. The van der Waals surface area contributed by atoms with Gasteiger partial charge < -0.3 is 0 Å². The van der Waals surface area contributed by atoms with Gasteiger partial charge in [0.1, 0.15) is 22.6 Å². The van der Waals surface area contributed by atoms with E-state index in [9.17, 15) is 0 Å². The van der Waals surface area contributed by atoms with Gasteiger partial charge in [0.05, 0.1) is 0 Å². The molecule has 0 saturated heterocycles. The van der Waals surface area contributed by atoms with E-state index in [4.69, 9.17) is 15.3 Å². The van der Waals surface area contributed by atoms with Gasteiger partial charge in [-0.05, 0) is 44.8 Å². The van der Waals surface area contributed by atoms with Gasteiger partial charge in [-0.15, -0.1) is 5.10 Å². The average molecular weight is 598 g/mol. The van der Waals surface area contributed by atoms with Crippen LogP contribution >= 0.6 is 15.9 Å². The van der Waals surface area contributed by atoms with Gasteiger partial charge >= 0.3 is 0 Å². The van der Waals surface area contributed by atoms with Crippen molar-refractivity contribution in [2.75, 3.05) is 0 Å². The number of imidazole rings is 1. The lowest BCUT2D eigenvalue weighted by molar-refractivity contribution is 0.451. The van der Waals surface area contributed by atoms with E-state index >= 15 is 0 Å². The standard InChI is InChI=1S/C34H25BrN6/c35-24-25-19-21-26(22-20-25)31-32(40-23-11-10-18-30(40)36-31)33-37-38-39-41(33)34(27-12-4-1-5-13-27,28-14-6-2-7-15-28)29-16-8-3-9-17-29/h1-23H,24H2. The monoisotopic (exact) mass is 596 g/mol. The number of nitrogens with zero attached hydrogens (tertiary/aromatic N) is 6. The fourth-order valence-corrected chi connectivity index (χ4v) is 6.00. The van der Waals surface area contributed by atoms with Gasteiger partial charge in [0.15, 0.2) is 0 Å². The second-order valence-corrected chi connectivity index (χ2v) is 10.4. The van der Waals surface area contributed by atoms with Gasteiger partial charge in [-0.1, -0.05) is 137 Å². The maximum atomic E-state index is 5.08. The second-order valence-electron chi connectivity index (χ2n) is 9.79. The molecule has 0 fully saturated rings. The number of fused-ring (bicyclic) bond motifs is 1. The summed E-state index contributed by atoms with van der Waals surface area (Å²) >= 11 is 3.56. The molecule has 0 amide bonds. The van der Waals surface area contributed by atoms with E-state index in [2.05, 4.69) is 123 Å². The Kier molecular flexibility index (Phi) is 6.49. The van der Waals surface area contributed by atoms with E-state index in [1.54, 1.807) is 0 Å². The minimum absolute atomic E-state index is 0.611. The van der Waals surface area contributed by atoms with E-state index in [0.717, 1.165) is 44.6 Å². The predicted molar refractivity (Wildman–Crippen MR) is 165 cm³/mol. The Hall–Kier alpha value is -4.88. The van der Waals surface area contributed by atoms with Crippen LogP contribution < -0.4 is 0 Å². The first-order valence-electron chi connectivity index (χ1n) is 13.4. The first-order chi connectivity index (χ1) is 20.3. The summed E-state index contributed by atoms with van der Waals surface area (Å²) in [4.78, 5) is 5.08. The van der Waals surface area contributed by atoms with Crippen LogP contribution in [0.15, 0.2) is 140 Å². The molecular weight excluding hydrogens is 572 g/mol. The van der Waals surface area contributed by atoms with Crippen LogP contribution in [-0.4, -0.2) is 29.6 Å². The fraction of sp³-hybridized carbons (Fsp3) is 0.0588. The van der Waals surface area contributed by atoms with Gasteiger partial charge in [0, 0.05) is 17.1 Å². The summed E-state index contributed by atoms with van der Waals surface area (Å²) in [6, 6.07) is 45.7. The Morgan fingerprint density at radius 2 is 1.20 bits per heavy atom. The minimum atomic E-state index is -0.862. The lowest BCUT2D eigenvalue weighted by Crippen LogP contribution is -2.39. The summed E-state index contributed by atoms with van der Waals surface area (Å²) < 4.78 is 4.03. The first kappa shape index (κ1) is 25.1. The molecule has 3 aromatic heterocycles. The lowest BCUT2D eigenvalue weighted by atomic mass is 9.77. The topological polar surface area (TPSA) is 60.9 Å². The Balaban J connectivity index is 1.58. The van der Waals surface area contributed by atoms with E-state index in [0.29, 0.717) is 5.82 Å². The van der Waals surface area contributed by atoms with Crippen molar-refractivity contribution in [2.24, 2.45) is 0 Å². The second kappa shape index (κ2) is 10.6. The van der Waals surface area contributed by atoms with Crippen molar-refractivity contribution in [1.29, 1.82) is 0 Å². The van der Waals surface area contributed by atoms with Crippen molar-refractivity contribution in [2.45, 2.75) is 10.9 Å². The maximum absolute atomic E-state index is 5.08. The number of aromatic nitrogens is 6. The van der Waals surface area contributed by atoms with Crippen LogP contribution in [0, 0.1) is 0 Å². The van der Waals surface area contributed by atoms with Crippen molar-refractivity contribution in [3.63, 3.8) is 0 Å². The zero-order valence-corrected chi connectivity index (χ0v) is 23.6. The molecule has 0 bridgehead atoms. The molecule has 0 N–H and O–H groups in total. The number of halogens is 1. The van der Waals surface area contributed by atoms with Crippen LogP contribution in [0.2, 0.25) is 0 Å². The van der Waals surface area contributed by atoms with Crippen LogP contribution in [-0.2, 0) is 10.9 Å². The smallest absolute Gasteiger partial charge is 0.202 e. The zero-order chi connectivity index (χ0) is 27.6. The van der Waals surface area contributed by atoms with E-state index in [-0.39, 0.29) is 0 Å². The van der Waals surface area contributed by atoms with Gasteiger partial charge in [0.25, 0.3) is 0 Å². The van der Waals surface area contributed by atoms with Gasteiger partial charge in [-0.2, -0.15) is 0 Å². The van der Waals surface area contributed by atoms with Crippen molar-refractivity contribution in [3.8, 4) is 22.8 Å². The molecule has 7 aromatic rings. The van der Waals surface area contributed by atoms with Gasteiger partial charge in [0.2, 0.25) is 5.82 Å². The van der Waals surface area contributed by atoms with Crippen LogP contribution in [0.5, 0.6) is 0 Å². The molecule has 4 aromatic carbocycles. The Bertz CT molecular complexity index is 1820. The molecule has 0 spiro atoms. The molecule has 0 aliphatic rings. The highest BCUT2D eigenvalue weighted by Crippen LogP contribution is 2.43. The molecule has 0 atom stereocenters. The Morgan fingerprint density at radius 3 is 1.76 bits per heavy atom. The molecule has 0 saturated carbocycles. The molecular formula is C34H25BrN6. The Labute approximate surface area is 246 Å². The molecule has 7 rings (SSSR count). The van der Waals surface area contributed by atoms with Crippen LogP contribution in [0.4, 0.5) is 0 Å². The number of hydrogen-bond donors (Lipinski definition) is 0. The van der Waals surface area contributed by atoms with Gasteiger partial charge in [-0.25, -0.2) is 9.67 Å². The van der Waals surface area contributed by atoms with E-state index < -0.39 is 5.54 Å². The van der Waals surface area contributed by atoms with Crippen LogP contribution in [0.25, 0.3) is 28.4 Å². The lowest BCUT2D eigenvalue weighted by Gasteiger charge is -2.36. The largest absolute Gasteiger partial charge is 0.296 e. The van der Waals surface area contributed by atoms with Crippen molar-refractivity contribution in [1.82, 2.24) is 29.6 Å². The normalized spacial score (nSPS) is 11.6. The third-order valence-corrected chi connectivity index (χ3v) is 8.13. The summed E-state index contributed by atoms with van der Waals surface area (Å²) in [5.41, 5.74) is 6.92. The molecule has 6 nitrogen and oxygen atoms in total. The minimum Gasteiger partial charge on any atom is -0.296 e. The molecule has 7 heteroatoms. The highest BCUT2D eigenvalue weighted by molar-refractivity contribution is 9.08. The number of tetrazole rings is 1. The fourth-order valence-electron chi connectivity index (χ4n) is 5.63. The summed E-state index contributed by atoms with van der Waals surface area (Å²) in [6.07, 6.45) is 2.02. The number of benzene rings is 4. The summed E-state index contributed by atoms with van der Waals surface area (Å²) in [7, 11) is 0. The van der Waals surface area contributed by atoms with Gasteiger partial charge in [-0.3, -0.25) is 4.40 Å². The molecule has 0 unspecified atom stereocenters. The zero-order valence-electron chi connectivity index (χ0n) is 22.0. The SMILES string of the molecule is BrCc1ccc(-c2nc3ccccn3c2-c2nnnn2C(c2ccccc2)(c2ccccc2)c2ccccc2)cc1. The summed E-state index contributed by atoms with van der Waals surface area (Å²) in [5, 5.41) is 14.5. The highest BCUT2D eigenvalue weighted by atomic mass is 79.9. The quantitative estimate of drug-likeness (QED) is 0.142. The molecule has 41 heavy (non-hydrogen) atoms. The van der Waals surface area contributed by atoms with Crippen molar-refractivity contribution >= 4 is 21.6 Å². The molecule has 0 aliphatic heterocycles. The van der Waals surface area contributed by atoms with E-state index in [1.165, 1.54) is 5.56 Å². The third kappa shape index (κ3) is 4.17. The van der Waals surface area contributed by atoms with Crippen molar-refractivity contribution in [3.05, 3.63) is 162 Å². The maximum Gasteiger partial charge on any atom is 0.202 e. The number of pyridine rings is 1. The summed E-state index contributed by atoms with van der Waals surface area (Å²) in [5.74, 6) is 0.611. The third-order valence-electron chi connectivity index (χ3n) is 7.49.